The quantitative estimate of drug-likeness (QED) is 0.771. The Morgan fingerprint density at radius 3 is 2.71 bits per heavy atom. The van der Waals surface area contributed by atoms with Crippen LogP contribution >= 0.6 is 11.3 Å². The zero-order chi connectivity index (χ0) is 17.1. The SMILES string of the molecule is Cn1cc(-c2nc(C(=O)NCCc3cc(F)cc(F)c3)cs2)cn1. The van der Waals surface area contributed by atoms with Gasteiger partial charge in [-0.15, -0.1) is 11.3 Å². The Morgan fingerprint density at radius 1 is 1.29 bits per heavy atom. The van der Waals surface area contributed by atoms with Crippen molar-refractivity contribution in [3.05, 3.63) is 58.9 Å². The highest BCUT2D eigenvalue weighted by Gasteiger charge is 2.12. The van der Waals surface area contributed by atoms with Crippen molar-refractivity contribution >= 4 is 17.2 Å². The Balaban J connectivity index is 1.58. The Morgan fingerprint density at radius 2 is 2.04 bits per heavy atom. The number of aromatic nitrogens is 3. The van der Waals surface area contributed by atoms with Gasteiger partial charge in [-0.2, -0.15) is 5.10 Å². The third-order valence-electron chi connectivity index (χ3n) is 3.31. The first kappa shape index (κ1) is 16.3. The third kappa shape index (κ3) is 3.83. The van der Waals surface area contributed by atoms with Gasteiger partial charge in [-0.25, -0.2) is 13.8 Å². The molecule has 0 atom stereocenters. The van der Waals surface area contributed by atoms with Crippen molar-refractivity contribution in [2.75, 3.05) is 6.54 Å². The van der Waals surface area contributed by atoms with Crippen LogP contribution in [0.5, 0.6) is 0 Å². The fraction of sp³-hybridized carbons (Fsp3) is 0.188. The molecule has 2 heterocycles. The number of hydrogen-bond donors (Lipinski definition) is 1. The minimum Gasteiger partial charge on any atom is -0.350 e. The average Bonchev–Trinajstić information content (AvgIpc) is 3.14. The number of carbonyl (C=O) groups excluding carboxylic acids is 1. The number of carbonyl (C=O) groups is 1. The lowest BCUT2D eigenvalue weighted by Crippen LogP contribution is -2.26. The van der Waals surface area contributed by atoms with Gasteiger partial charge in [-0.05, 0) is 24.1 Å². The van der Waals surface area contributed by atoms with Crippen LogP contribution in [0.3, 0.4) is 0 Å². The Kier molecular flexibility index (Phi) is 4.66. The van der Waals surface area contributed by atoms with Crippen LogP contribution in [0.1, 0.15) is 16.1 Å². The van der Waals surface area contributed by atoms with E-state index in [4.69, 9.17) is 0 Å². The van der Waals surface area contributed by atoms with E-state index in [0.717, 1.165) is 11.6 Å². The topological polar surface area (TPSA) is 59.8 Å². The number of halogens is 2. The maximum atomic E-state index is 13.1. The van der Waals surface area contributed by atoms with Crippen molar-refractivity contribution in [2.24, 2.45) is 7.05 Å². The fourth-order valence-corrected chi connectivity index (χ4v) is 2.98. The van der Waals surface area contributed by atoms with Crippen LogP contribution in [-0.2, 0) is 13.5 Å². The van der Waals surface area contributed by atoms with Gasteiger partial charge in [0.2, 0.25) is 0 Å². The van der Waals surface area contributed by atoms with E-state index in [9.17, 15) is 13.6 Å². The number of rotatable bonds is 5. The molecule has 2 aromatic heterocycles. The van der Waals surface area contributed by atoms with Gasteiger partial charge in [-0.3, -0.25) is 9.48 Å². The van der Waals surface area contributed by atoms with Gasteiger partial charge in [0.15, 0.2) is 0 Å². The molecular formula is C16H14F2N4OS. The van der Waals surface area contributed by atoms with E-state index in [0.29, 0.717) is 22.7 Å². The highest BCUT2D eigenvalue weighted by Crippen LogP contribution is 2.22. The second kappa shape index (κ2) is 6.88. The minimum absolute atomic E-state index is 0.265. The minimum atomic E-state index is -0.628. The molecule has 0 aliphatic carbocycles. The van der Waals surface area contributed by atoms with Gasteiger partial charge in [0.1, 0.15) is 22.3 Å². The van der Waals surface area contributed by atoms with E-state index < -0.39 is 11.6 Å². The van der Waals surface area contributed by atoms with Crippen molar-refractivity contribution in [2.45, 2.75) is 6.42 Å². The summed E-state index contributed by atoms with van der Waals surface area (Å²) in [7, 11) is 1.81. The summed E-state index contributed by atoms with van der Waals surface area (Å²) < 4.78 is 27.9. The third-order valence-corrected chi connectivity index (χ3v) is 4.20. The second-order valence-corrected chi connectivity index (χ2v) is 6.08. The lowest BCUT2D eigenvalue weighted by atomic mass is 10.1. The van der Waals surface area contributed by atoms with Crippen LogP contribution in [0.4, 0.5) is 8.78 Å². The first-order chi connectivity index (χ1) is 11.5. The van der Waals surface area contributed by atoms with Gasteiger partial charge in [0.05, 0.1) is 6.20 Å². The van der Waals surface area contributed by atoms with Gasteiger partial charge >= 0.3 is 0 Å². The van der Waals surface area contributed by atoms with Crippen molar-refractivity contribution in [1.29, 1.82) is 0 Å². The summed E-state index contributed by atoms with van der Waals surface area (Å²) in [5.41, 5.74) is 1.64. The molecule has 1 N–H and O–H groups in total. The van der Waals surface area contributed by atoms with E-state index in [1.165, 1.54) is 23.5 Å². The molecule has 5 nitrogen and oxygen atoms in total. The summed E-state index contributed by atoms with van der Waals surface area (Å²) in [5.74, 6) is -1.58. The molecule has 0 fully saturated rings. The number of nitrogens with zero attached hydrogens (tertiary/aromatic N) is 3. The molecule has 0 bridgehead atoms. The molecule has 3 rings (SSSR count). The fourth-order valence-electron chi connectivity index (χ4n) is 2.21. The summed E-state index contributed by atoms with van der Waals surface area (Å²) in [6.45, 7) is 0.265. The first-order valence-corrected chi connectivity index (χ1v) is 8.07. The molecule has 1 amide bonds. The van der Waals surface area contributed by atoms with Gasteiger partial charge in [0, 0.05) is 36.8 Å². The lowest BCUT2D eigenvalue weighted by molar-refractivity contribution is 0.0950. The summed E-state index contributed by atoms with van der Waals surface area (Å²) in [6, 6.07) is 3.31. The molecule has 0 spiro atoms. The second-order valence-electron chi connectivity index (χ2n) is 5.22. The predicted molar refractivity (Wildman–Crippen MR) is 86.7 cm³/mol. The van der Waals surface area contributed by atoms with E-state index in [1.54, 1.807) is 23.3 Å². The molecule has 1 aromatic carbocycles. The number of nitrogens with one attached hydrogen (secondary N) is 1. The van der Waals surface area contributed by atoms with E-state index in [2.05, 4.69) is 15.4 Å². The maximum absolute atomic E-state index is 13.1. The summed E-state index contributed by atoms with van der Waals surface area (Å²) in [5, 5.41) is 9.14. The van der Waals surface area contributed by atoms with Crippen molar-refractivity contribution in [1.82, 2.24) is 20.1 Å². The highest BCUT2D eigenvalue weighted by atomic mass is 32.1. The normalized spacial score (nSPS) is 10.8. The smallest absolute Gasteiger partial charge is 0.270 e. The van der Waals surface area contributed by atoms with Crippen LogP contribution in [-0.4, -0.2) is 27.2 Å². The van der Waals surface area contributed by atoms with E-state index in [1.807, 2.05) is 6.20 Å². The van der Waals surface area contributed by atoms with Gasteiger partial charge < -0.3 is 5.32 Å². The number of aryl methyl sites for hydroxylation is 1. The number of amides is 1. The maximum Gasteiger partial charge on any atom is 0.270 e. The monoisotopic (exact) mass is 348 g/mol. The van der Waals surface area contributed by atoms with Crippen LogP contribution < -0.4 is 5.32 Å². The molecule has 0 radical (unpaired) electrons. The first-order valence-electron chi connectivity index (χ1n) is 7.19. The van der Waals surface area contributed by atoms with Gasteiger partial charge in [0.25, 0.3) is 5.91 Å². The summed E-state index contributed by atoms with van der Waals surface area (Å²) >= 11 is 1.35. The lowest BCUT2D eigenvalue weighted by Gasteiger charge is -2.04. The van der Waals surface area contributed by atoms with Crippen molar-refractivity contribution < 1.29 is 13.6 Å². The largest absolute Gasteiger partial charge is 0.350 e. The Bertz CT molecular complexity index is 854. The molecule has 3 aromatic rings. The molecule has 124 valence electrons. The van der Waals surface area contributed by atoms with Crippen LogP contribution in [0.15, 0.2) is 36.0 Å². The van der Waals surface area contributed by atoms with E-state index >= 15 is 0 Å². The van der Waals surface area contributed by atoms with Crippen LogP contribution in [0.25, 0.3) is 10.6 Å². The zero-order valence-electron chi connectivity index (χ0n) is 12.8. The standard InChI is InChI=1S/C16H14F2N4OS/c1-22-8-11(7-20-22)16-21-14(9-24-16)15(23)19-3-2-10-4-12(17)6-13(18)5-10/h4-9H,2-3H2,1H3,(H,19,23). The average molecular weight is 348 g/mol. The van der Waals surface area contributed by atoms with Crippen LogP contribution in [0, 0.1) is 11.6 Å². The molecule has 0 saturated heterocycles. The van der Waals surface area contributed by atoms with Crippen LogP contribution in [0.2, 0.25) is 0 Å². The van der Waals surface area contributed by atoms with Gasteiger partial charge in [-0.1, -0.05) is 0 Å². The molecule has 0 aliphatic rings. The molecule has 24 heavy (non-hydrogen) atoms. The molecule has 8 heteroatoms. The molecular weight excluding hydrogens is 334 g/mol. The summed E-state index contributed by atoms with van der Waals surface area (Å²) in [6.07, 6.45) is 3.83. The van der Waals surface area contributed by atoms with E-state index in [-0.39, 0.29) is 12.5 Å². The number of hydrogen-bond acceptors (Lipinski definition) is 4. The highest BCUT2D eigenvalue weighted by molar-refractivity contribution is 7.13. The zero-order valence-corrected chi connectivity index (χ0v) is 13.6. The predicted octanol–water partition coefficient (Wildman–Crippen LogP) is 2.79. The summed E-state index contributed by atoms with van der Waals surface area (Å²) in [4.78, 5) is 16.4. The number of thiazole rings is 1. The molecule has 0 saturated carbocycles. The molecule has 0 unspecified atom stereocenters. The van der Waals surface area contributed by atoms with Crippen molar-refractivity contribution in [3.8, 4) is 10.6 Å². The molecule has 0 aliphatic heterocycles. The number of benzene rings is 1. The Hall–Kier alpha value is -2.61. The Labute approximate surface area is 141 Å². The van der Waals surface area contributed by atoms with Crippen molar-refractivity contribution in [3.63, 3.8) is 0 Å².